The van der Waals surface area contributed by atoms with Gasteiger partial charge in [-0.2, -0.15) is 0 Å². The van der Waals surface area contributed by atoms with Gasteiger partial charge in [-0.25, -0.2) is 4.79 Å². The first-order chi connectivity index (χ1) is 8.06. The molecule has 2 aromatic rings. The van der Waals surface area contributed by atoms with Crippen LogP contribution < -0.4 is 5.63 Å². The zero-order valence-corrected chi connectivity index (χ0v) is 9.69. The lowest BCUT2D eigenvalue weighted by atomic mass is 10.1. The fraction of sp³-hybridized carbons (Fsp3) is 0.214. The number of phenols is 1. The predicted molar refractivity (Wildman–Crippen MR) is 67.3 cm³/mol. The van der Waals surface area contributed by atoms with E-state index in [9.17, 15) is 9.90 Å². The van der Waals surface area contributed by atoms with Gasteiger partial charge in [0.05, 0.1) is 0 Å². The Bertz CT molecular complexity index is 623. The van der Waals surface area contributed by atoms with E-state index in [2.05, 4.69) is 6.58 Å². The summed E-state index contributed by atoms with van der Waals surface area (Å²) in [6.07, 6.45) is 1.41. The molecule has 1 aromatic carbocycles. The highest BCUT2D eigenvalue weighted by molar-refractivity contribution is 5.78. The van der Waals surface area contributed by atoms with E-state index in [1.54, 1.807) is 12.1 Å². The van der Waals surface area contributed by atoms with Crippen molar-refractivity contribution in [1.82, 2.24) is 0 Å². The van der Waals surface area contributed by atoms with Crippen molar-refractivity contribution in [2.45, 2.75) is 19.8 Å². The maximum absolute atomic E-state index is 11.7. The quantitative estimate of drug-likeness (QED) is 0.651. The summed E-state index contributed by atoms with van der Waals surface area (Å²) in [5.74, 6) is 0.0929. The molecule has 88 valence electrons. The van der Waals surface area contributed by atoms with Gasteiger partial charge >= 0.3 is 5.63 Å². The molecule has 0 saturated carbocycles. The second kappa shape index (κ2) is 4.45. The molecule has 0 fully saturated rings. The molecule has 2 rings (SSSR count). The maximum Gasteiger partial charge on any atom is 0.339 e. The van der Waals surface area contributed by atoms with Crippen LogP contribution in [0.1, 0.15) is 18.9 Å². The molecule has 0 aliphatic heterocycles. The van der Waals surface area contributed by atoms with E-state index in [0.717, 1.165) is 17.4 Å². The van der Waals surface area contributed by atoms with Crippen LogP contribution in [0.25, 0.3) is 11.0 Å². The summed E-state index contributed by atoms with van der Waals surface area (Å²) in [6, 6.07) is 6.56. The summed E-state index contributed by atoms with van der Waals surface area (Å²) in [4.78, 5) is 11.7. The molecule has 0 bridgehead atoms. The first-order valence-corrected chi connectivity index (χ1v) is 5.46. The van der Waals surface area contributed by atoms with Crippen molar-refractivity contribution in [2.24, 2.45) is 0 Å². The zero-order valence-electron chi connectivity index (χ0n) is 9.69. The molecule has 0 amide bonds. The average molecular weight is 230 g/mol. The number of aromatic hydroxyl groups is 1. The summed E-state index contributed by atoms with van der Waals surface area (Å²) in [5.41, 5.74) is 1.75. The first kappa shape index (κ1) is 11.5. The minimum atomic E-state index is -0.343. The van der Waals surface area contributed by atoms with Crippen molar-refractivity contribution in [1.29, 1.82) is 0 Å². The van der Waals surface area contributed by atoms with Crippen LogP contribution in [0.2, 0.25) is 0 Å². The molecule has 0 atom stereocenters. The monoisotopic (exact) mass is 230 g/mol. The normalized spacial score (nSPS) is 10.6. The Morgan fingerprint density at radius 2 is 2.18 bits per heavy atom. The van der Waals surface area contributed by atoms with Gasteiger partial charge in [0, 0.05) is 17.0 Å². The lowest BCUT2D eigenvalue weighted by Gasteiger charge is -2.02. The Morgan fingerprint density at radius 3 is 2.88 bits per heavy atom. The van der Waals surface area contributed by atoms with E-state index in [-0.39, 0.29) is 11.4 Å². The number of phenolic OH excluding ortho intramolecular Hbond substituents is 1. The van der Waals surface area contributed by atoms with Crippen LogP contribution >= 0.6 is 0 Å². The summed E-state index contributed by atoms with van der Waals surface area (Å²) in [5, 5.41) is 10.1. The van der Waals surface area contributed by atoms with Crippen molar-refractivity contribution >= 4 is 11.0 Å². The largest absolute Gasteiger partial charge is 0.508 e. The van der Waals surface area contributed by atoms with Crippen LogP contribution in [0, 0.1) is 0 Å². The molecule has 3 heteroatoms. The van der Waals surface area contributed by atoms with Gasteiger partial charge < -0.3 is 9.52 Å². The number of rotatable bonds is 3. The lowest BCUT2D eigenvalue weighted by Crippen LogP contribution is -2.07. The van der Waals surface area contributed by atoms with Crippen molar-refractivity contribution in [3.05, 3.63) is 52.4 Å². The summed E-state index contributed by atoms with van der Waals surface area (Å²) in [6.45, 7) is 5.74. The number of fused-ring (bicyclic) bond motifs is 1. The Labute approximate surface area is 99.0 Å². The Hall–Kier alpha value is -2.03. The van der Waals surface area contributed by atoms with Crippen LogP contribution in [0.4, 0.5) is 0 Å². The van der Waals surface area contributed by atoms with Gasteiger partial charge in [-0.15, -0.1) is 6.58 Å². The average Bonchev–Trinajstić information content (AvgIpc) is 2.26. The van der Waals surface area contributed by atoms with Crippen LogP contribution in [-0.4, -0.2) is 5.11 Å². The van der Waals surface area contributed by atoms with Crippen molar-refractivity contribution in [3.8, 4) is 5.75 Å². The zero-order chi connectivity index (χ0) is 12.4. The van der Waals surface area contributed by atoms with Crippen LogP contribution in [-0.2, 0) is 6.42 Å². The van der Waals surface area contributed by atoms with E-state index in [0.29, 0.717) is 17.6 Å². The van der Waals surface area contributed by atoms with Crippen LogP contribution in [0.15, 0.2) is 45.6 Å². The second-order valence-corrected chi connectivity index (χ2v) is 4.24. The third kappa shape index (κ3) is 2.56. The highest BCUT2D eigenvalue weighted by Gasteiger charge is 2.05. The molecular weight excluding hydrogens is 216 g/mol. The molecule has 0 unspecified atom stereocenters. The number of hydrogen-bond donors (Lipinski definition) is 1. The molecular formula is C14H14O3. The number of aryl methyl sites for hydroxylation is 1. The second-order valence-electron chi connectivity index (χ2n) is 4.24. The van der Waals surface area contributed by atoms with Crippen molar-refractivity contribution in [3.63, 3.8) is 0 Å². The molecule has 0 spiro atoms. The van der Waals surface area contributed by atoms with Crippen molar-refractivity contribution in [2.75, 3.05) is 0 Å². The van der Waals surface area contributed by atoms with Crippen molar-refractivity contribution < 1.29 is 9.52 Å². The van der Waals surface area contributed by atoms with E-state index < -0.39 is 0 Å². The molecule has 0 radical (unpaired) electrons. The van der Waals surface area contributed by atoms with Gasteiger partial charge in [-0.1, -0.05) is 5.57 Å². The Balaban J connectivity index is 2.45. The SMILES string of the molecule is C=C(C)CCc1cc2ccc(O)cc2oc1=O. The highest BCUT2D eigenvalue weighted by atomic mass is 16.4. The fourth-order valence-electron chi connectivity index (χ4n) is 1.67. The molecule has 1 heterocycles. The van der Waals surface area contributed by atoms with E-state index in [1.165, 1.54) is 6.07 Å². The standard InChI is InChI=1S/C14H14O3/c1-9(2)3-4-11-7-10-5-6-12(15)8-13(10)17-14(11)16/h5-8,15H,1,3-4H2,2H3. The molecule has 0 aliphatic rings. The highest BCUT2D eigenvalue weighted by Crippen LogP contribution is 2.19. The van der Waals surface area contributed by atoms with Gasteiger partial charge in [0.1, 0.15) is 11.3 Å². The van der Waals surface area contributed by atoms with Gasteiger partial charge in [0.2, 0.25) is 0 Å². The first-order valence-electron chi connectivity index (χ1n) is 5.46. The Morgan fingerprint density at radius 1 is 1.41 bits per heavy atom. The maximum atomic E-state index is 11.7. The molecule has 1 aromatic heterocycles. The Kier molecular flexibility index (Phi) is 3.00. The fourth-order valence-corrected chi connectivity index (χ4v) is 1.67. The van der Waals surface area contributed by atoms with E-state index in [1.807, 2.05) is 13.0 Å². The molecule has 3 nitrogen and oxygen atoms in total. The number of benzene rings is 1. The number of hydrogen-bond acceptors (Lipinski definition) is 3. The summed E-state index contributed by atoms with van der Waals surface area (Å²) < 4.78 is 5.16. The van der Waals surface area contributed by atoms with Crippen LogP contribution in [0.5, 0.6) is 5.75 Å². The summed E-state index contributed by atoms with van der Waals surface area (Å²) >= 11 is 0. The predicted octanol–water partition coefficient (Wildman–Crippen LogP) is 3.01. The molecule has 0 aliphatic carbocycles. The van der Waals surface area contributed by atoms with Gasteiger partial charge in [-0.3, -0.25) is 0 Å². The molecule has 17 heavy (non-hydrogen) atoms. The number of allylic oxidation sites excluding steroid dienone is 1. The smallest absolute Gasteiger partial charge is 0.339 e. The third-order valence-corrected chi connectivity index (χ3v) is 2.61. The van der Waals surface area contributed by atoms with Crippen LogP contribution in [0.3, 0.4) is 0 Å². The minimum Gasteiger partial charge on any atom is -0.508 e. The lowest BCUT2D eigenvalue weighted by molar-refractivity contribution is 0.472. The molecule has 1 N–H and O–H groups in total. The van der Waals surface area contributed by atoms with Gasteiger partial charge in [0.25, 0.3) is 0 Å². The summed E-state index contributed by atoms with van der Waals surface area (Å²) in [7, 11) is 0. The minimum absolute atomic E-state index is 0.0929. The topological polar surface area (TPSA) is 50.4 Å². The van der Waals surface area contributed by atoms with Gasteiger partial charge in [-0.05, 0) is 38.0 Å². The third-order valence-electron chi connectivity index (χ3n) is 2.61. The van der Waals surface area contributed by atoms with Gasteiger partial charge in [0.15, 0.2) is 0 Å². The molecule has 0 saturated heterocycles. The van der Waals surface area contributed by atoms with E-state index in [4.69, 9.17) is 4.42 Å². The van der Waals surface area contributed by atoms with E-state index >= 15 is 0 Å².